The van der Waals surface area contributed by atoms with E-state index in [0.717, 1.165) is 24.7 Å². The van der Waals surface area contributed by atoms with Gasteiger partial charge in [-0.25, -0.2) is 4.98 Å². The normalized spacial score (nSPS) is 14.9. The zero-order valence-electron chi connectivity index (χ0n) is 7.73. The fourth-order valence-electron chi connectivity index (χ4n) is 1.80. The fourth-order valence-corrected chi connectivity index (χ4v) is 2.53. The van der Waals surface area contributed by atoms with E-state index in [9.17, 15) is 0 Å². The molecular formula is C10H11N3S. The van der Waals surface area contributed by atoms with Crippen LogP contribution in [0, 0.1) is 0 Å². The maximum atomic E-state index is 4.45. The second kappa shape index (κ2) is 3.13. The highest BCUT2D eigenvalue weighted by Crippen LogP contribution is 2.27. The summed E-state index contributed by atoms with van der Waals surface area (Å²) in [5.41, 5.74) is 0. The van der Waals surface area contributed by atoms with Crippen LogP contribution in [0.2, 0.25) is 0 Å². The van der Waals surface area contributed by atoms with Crippen LogP contribution in [0.25, 0.3) is 10.7 Å². The number of imidazole rings is 1. The molecule has 0 spiro atoms. The Bertz CT molecular complexity index is 430. The van der Waals surface area contributed by atoms with E-state index in [2.05, 4.69) is 32.4 Å². The molecule has 14 heavy (non-hydrogen) atoms. The minimum atomic E-state index is 1.07. The zero-order chi connectivity index (χ0) is 9.38. The molecular weight excluding hydrogens is 194 g/mol. The molecule has 3 heterocycles. The standard InChI is InChI=1S/C10H11N3S/c1-3-8(14-6-1)10-12-7-9-11-4-2-5-13(9)10/h1,3,6-7,11H,2,4-5H2. The number of thiophene rings is 1. The third-order valence-corrected chi connectivity index (χ3v) is 3.33. The van der Waals surface area contributed by atoms with Gasteiger partial charge in [-0.15, -0.1) is 11.3 Å². The maximum absolute atomic E-state index is 4.45. The molecule has 0 atom stereocenters. The smallest absolute Gasteiger partial charge is 0.151 e. The van der Waals surface area contributed by atoms with Gasteiger partial charge in [-0.1, -0.05) is 6.07 Å². The predicted molar refractivity (Wildman–Crippen MR) is 58.6 cm³/mol. The van der Waals surface area contributed by atoms with E-state index in [0.29, 0.717) is 0 Å². The summed E-state index contributed by atoms with van der Waals surface area (Å²) in [6, 6.07) is 4.19. The molecule has 1 aliphatic heterocycles. The van der Waals surface area contributed by atoms with Gasteiger partial charge in [0.15, 0.2) is 5.82 Å². The number of nitrogens with one attached hydrogen (secondary N) is 1. The molecule has 0 fully saturated rings. The van der Waals surface area contributed by atoms with E-state index in [1.54, 1.807) is 11.3 Å². The summed E-state index contributed by atoms with van der Waals surface area (Å²) in [5, 5.41) is 5.44. The summed E-state index contributed by atoms with van der Waals surface area (Å²) < 4.78 is 2.26. The topological polar surface area (TPSA) is 29.9 Å². The number of fused-ring (bicyclic) bond motifs is 1. The van der Waals surface area contributed by atoms with E-state index in [1.807, 2.05) is 6.20 Å². The van der Waals surface area contributed by atoms with Crippen LogP contribution in [0.5, 0.6) is 0 Å². The highest BCUT2D eigenvalue weighted by molar-refractivity contribution is 7.13. The number of hydrogen-bond donors (Lipinski definition) is 1. The molecule has 0 aromatic carbocycles. The molecule has 1 N–H and O–H groups in total. The zero-order valence-corrected chi connectivity index (χ0v) is 8.55. The van der Waals surface area contributed by atoms with Crippen LogP contribution in [-0.4, -0.2) is 16.1 Å². The van der Waals surface area contributed by atoms with Gasteiger partial charge in [0.05, 0.1) is 11.1 Å². The molecule has 0 saturated heterocycles. The van der Waals surface area contributed by atoms with Crippen LogP contribution < -0.4 is 5.32 Å². The maximum Gasteiger partial charge on any atom is 0.151 e. The Morgan fingerprint density at radius 2 is 2.50 bits per heavy atom. The molecule has 2 aromatic heterocycles. The molecule has 0 amide bonds. The molecule has 3 rings (SSSR count). The van der Waals surface area contributed by atoms with Gasteiger partial charge in [-0.3, -0.25) is 0 Å². The Hall–Kier alpha value is -1.29. The quantitative estimate of drug-likeness (QED) is 0.775. The van der Waals surface area contributed by atoms with Gasteiger partial charge in [0.25, 0.3) is 0 Å². The van der Waals surface area contributed by atoms with Crippen molar-refractivity contribution in [2.75, 3.05) is 11.9 Å². The first-order chi connectivity index (χ1) is 6.95. The van der Waals surface area contributed by atoms with Crippen LogP contribution in [0.1, 0.15) is 6.42 Å². The lowest BCUT2D eigenvalue weighted by Gasteiger charge is -2.17. The SMILES string of the molecule is c1csc(-c2ncc3n2CCCN3)c1. The van der Waals surface area contributed by atoms with Crippen LogP contribution >= 0.6 is 11.3 Å². The lowest BCUT2D eigenvalue weighted by molar-refractivity contribution is 0.636. The summed E-state index contributed by atoms with van der Waals surface area (Å²) in [7, 11) is 0. The van der Waals surface area contributed by atoms with Gasteiger partial charge in [-0.2, -0.15) is 0 Å². The summed E-state index contributed by atoms with van der Waals surface area (Å²) in [6.07, 6.45) is 3.11. The van der Waals surface area contributed by atoms with E-state index < -0.39 is 0 Å². The highest BCUT2D eigenvalue weighted by Gasteiger charge is 2.14. The minimum absolute atomic E-state index is 1.07. The number of hydrogen-bond acceptors (Lipinski definition) is 3. The fraction of sp³-hybridized carbons (Fsp3) is 0.300. The second-order valence-corrected chi connectivity index (χ2v) is 4.32. The minimum Gasteiger partial charge on any atom is -0.370 e. The average Bonchev–Trinajstić information content (AvgIpc) is 2.85. The third kappa shape index (κ3) is 1.14. The van der Waals surface area contributed by atoms with Crippen LogP contribution in [0.15, 0.2) is 23.7 Å². The average molecular weight is 205 g/mol. The molecule has 0 unspecified atom stereocenters. The third-order valence-electron chi connectivity index (χ3n) is 2.46. The first-order valence-corrected chi connectivity index (χ1v) is 5.66. The van der Waals surface area contributed by atoms with E-state index in [1.165, 1.54) is 11.3 Å². The van der Waals surface area contributed by atoms with E-state index in [4.69, 9.17) is 0 Å². The molecule has 0 bridgehead atoms. The van der Waals surface area contributed by atoms with E-state index in [-0.39, 0.29) is 0 Å². The van der Waals surface area contributed by atoms with Crippen molar-refractivity contribution in [1.29, 1.82) is 0 Å². The Kier molecular flexibility index (Phi) is 1.80. The van der Waals surface area contributed by atoms with Crippen molar-refractivity contribution in [3.8, 4) is 10.7 Å². The van der Waals surface area contributed by atoms with Gasteiger partial charge in [-0.05, 0) is 17.9 Å². The largest absolute Gasteiger partial charge is 0.370 e. The van der Waals surface area contributed by atoms with Gasteiger partial charge in [0.1, 0.15) is 5.82 Å². The molecule has 3 nitrogen and oxygen atoms in total. The van der Waals surface area contributed by atoms with Crippen LogP contribution in [0.4, 0.5) is 5.82 Å². The lowest BCUT2D eigenvalue weighted by atomic mass is 10.3. The number of rotatable bonds is 1. The molecule has 1 aliphatic rings. The Balaban J connectivity index is 2.11. The Morgan fingerprint density at radius 3 is 3.36 bits per heavy atom. The summed E-state index contributed by atoms with van der Waals surface area (Å²) in [5.74, 6) is 2.25. The van der Waals surface area contributed by atoms with Crippen molar-refractivity contribution in [3.63, 3.8) is 0 Å². The molecule has 0 aliphatic carbocycles. The summed E-state index contributed by atoms with van der Waals surface area (Å²) in [6.45, 7) is 2.14. The van der Waals surface area contributed by atoms with Crippen molar-refractivity contribution in [2.45, 2.75) is 13.0 Å². The van der Waals surface area contributed by atoms with Gasteiger partial charge in [0.2, 0.25) is 0 Å². The van der Waals surface area contributed by atoms with Gasteiger partial charge in [0, 0.05) is 13.1 Å². The van der Waals surface area contributed by atoms with Gasteiger partial charge >= 0.3 is 0 Å². The summed E-state index contributed by atoms with van der Waals surface area (Å²) in [4.78, 5) is 5.70. The van der Waals surface area contributed by atoms with Gasteiger partial charge < -0.3 is 9.88 Å². The van der Waals surface area contributed by atoms with Crippen molar-refractivity contribution in [2.24, 2.45) is 0 Å². The predicted octanol–water partition coefficient (Wildman–Crippen LogP) is 2.43. The highest BCUT2D eigenvalue weighted by atomic mass is 32.1. The second-order valence-electron chi connectivity index (χ2n) is 3.38. The number of nitrogens with zero attached hydrogens (tertiary/aromatic N) is 2. The molecule has 72 valence electrons. The number of aromatic nitrogens is 2. The van der Waals surface area contributed by atoms with E-state index >= 15 is 0 Å². The van der Waals surface area contributed by atoms with Crippen molar-refractivity contribution >= 4 is 17.2 Å². The molecule has 0 radical (unpaired) electrons. The molecule has 0 saturated carbocycles. The van der Waals surface area contributed by atoms with Crippen LogP contribution in [0.3, 0.4) is 0 Å². The van der Waals surface area contributed by atoms with Crippen LogP contribution in [-0.2, 0) is 6.54 Å². The Labute approximate surface area is 86.4 Å². The first kappa shape index (κ1) is 8.05. The summed E-state index contributed by atoms with van der Waals surface area (Å²) >= 11 is 1.74. The number of anilines is 1. The molecule has 2 aromatic rings. The Morgan fingerprint density at radius 1 is 1.50 bits per heavy atom. The van der Waals surface area contributed by atoms with Crippen molar-refractivity contribution in [1.82, 2.24) is 9.55 Å². The van der Waals surface area contributed by atoms with Crippen molar-refractivity contribution in [3.05, 3.63) is 23.7 Å². The lowest BCUT2D eigenvalue weighted by Crippen LogP contribution is -2.16. The molecule has 4 heteroatoms. The van der Waals surface area contributed by atoms with Crippen molar-refractivity contribution < 1.29 is 0 Å². The first-order valence-electron chi connectivity index (χ1n) is 4.78. The monoisotopic (exact) mass is 205 g/mol.